The maximum Gasteiger partial charge on any atom is 0.490 e. The van der Waals surface area contributed by atoms with E-state index in [0.29, 0.717) is 31.8 Å². The van der Waals surface area contributed by atoms with Gasteiger partial charge in [-0.3, -0.25) is 28.4 Å². The topological polar surface area (TPSA) is 582 Å². The zero-order chi connectivity index (χ0) is 74.5. The van der Waals surface area contributed by atoms with Crippen molar-refractivity contribution in [2.24, 2.45) is 0 Å². The number of phosphoric acid groups is 3. The number of carbonyl (C=O) groups excluding carboxylic acids is 3. The number of rotatable bonds is 40. The molecule has 3 aliphatic rings. The molecule has 1 aliphatic carbocycles. The molecule has 38 nitrogen and oxygen atoms in total. The lowest BCUT2D eigenvalue weighted by atomic mass is 9.89. The van der Waals surface area contributed by atoms with Gasteiger partial charge in [-0.1, -0.05) is 61.9 Å². The van der Waals surface area contributed by atoms with Crippen LogP contribution in [0.1, 0.15) is 79.0 Å². The Kier molecular flexibility index (Phi) is 31.8. The maximum absolute atomic E-state index is 13.4. The summed E-state index contributed by atoms with van der Waals surface area (Å²) in [5, 5.41) is 25.1. The number of carboxylic acid groups (broad SMARTS) is 1. The van der Waals surface area contributed by atoms with Gasteiger partial charge in [-0.15, -0.1) is 0 Å². The van der Waals surface area contributed by atoms with E-state index in [1.807, 2.05) is 20.8 Å². The molecular weight excluding hydrogens is 1530 g/mol. The van der Waals surface area contributed by atoms with Crippen molar-refractivity contribution in [3.63, 3.8) is 0 Å². The summed E-state index contributed by atoms with van der Waals surface area (Å²) in [6.45, 7) is 5.80. The molecule has 5 atom stereocenters. The lowest BCUT2D eigenvalue weighted by Gasteiger charge is -2.22. The molecule has 6 rings (SSSR count). The van der Waals surface area contributed by atoms with E-state index in [0.717, 1.165) is 34.6 Å². The number of unbranched alkanes of at least 4 members (excludes halogenated alkanes) is 1. The van der Waals surface area contributed by atoms with Crippen LogP contribution in [0.2, 0.25) is 0 Å². The molecule has 3 aromatic rings. The van der Waals surface area contributed by atoms with Crippen LogP contribution >= 0.6 is 66.6 Å². The Balaban J connectivity index is 0.813. The number of anilines is 2. The van der Waals surface area contributed by atoms with Gasteiger partial charge in [-0.05, 0) is 81.1 Å². The van der Waals surface area contributed by atoms with Crippen LogP contribution in [0.25, 0.3) is 33.4 Å². The molecule has 0 saturated carbocycles. The summed E-state index contributed by atoms with van der Waals surface area (Å²) in [4.78, 5) is 102. The summed E-state index contributed by atoms with van der Waals surface area (Å²) in [5.41, 5.74) is 8.46. The third kappa shape index (κ3) is 26.6. The lowest BCUT2D eigenvalue weighted by molar-refractivity contribution is -0.0543. The molecule has 1 fully saturated rings. The third-order valence-corrected chi connectivity index (χ3v) is 24.2. The monoisotopic (exact) mass is 1600 g/mol. The number of carboxylic acids is 1. The molecule has 3 amide bonds. The van der Waals surface area contributed by atoms with Crippen molar-refractivity contribution in [2.75, 3.05) is 102 Å². The predicted octanol–water partition coefficient (Wildman–Crippen LogP) is 5.54. The second kappa shape index (κ2) is 38.2. The minimum atomic E-state index is -5.80. The van der Waals surface area contributed by atoms with Gasteiger partial charge in [-0.2, -0.15) is 30.4 Å². The number of amides is 3. The van der Waals surface area contributed by atoms with E-state index in [1.165, 1.54) is 56.8 Å². The van der Waals surface area contributed by atoms with Crippen molar-refractivity contribution >= 4 is 133 Å². The van der Waals surface area contributed by atoms with Gasteiger partial charge in [0.15, 0.2) is 21.1 Å². The van der Waals surface area contributed by atoms with E-state index >= 15 is 0 Å². The number of nitrogens with two attached hydrogens (primary N) is 2. The molecular formula is C54H71N8O30P3S6. The van der Waals surface area contributed by atoms with E-state index in [2.05, 4.69) is 41.4 Å². The first-order valence-corrected chi connectivity index (χ1v) is 41.6. The number of aromatic carboxylic acids is 1. The van der Waals surface area contributed by atoms with Crippen molar-refractivity contribution in [1.82, 2.24) is 25.5 Å². The Morgan fingerprint density at radius 1 is 0.802 bits per heavy atom. The van der Waals surface area contributed by atoms with E-state index < -0.39 is 136 Å². The zero-order valence-electron chi connectivity index (χ0n) is 53.4. The predicted molar refractivity (Wildman–Crippen MR) is 365 cm³/mol. The second-order valence-corrected chi connectivity index (χ2v) is 34.1. The lowest BCUT2D eigenvalue weighted by Crippen LogP contribution is -2.30. The fourth-order valence-corrected chi connectivity index (χ4v) is 17.1. The number of phosphoric ester groups is 1. The Morgan fingerprint density at radius 2 is 1.48 bits per heavy atom. The third-order valence-electron chi connectivity index (χ3n) is 13.3. The van der Waals surface area contributed by atoms with Gasteiger partial charge in [-0.25, -0.2) is 32.9 Å². The minimum absolute atomic E-state index is 0.00102. The molecule has 0 spiro atoms. The van der Waals surface area contributed by atoms with Crippen molar-refractivity contribution in [1.29, 1.82) is 5.41 Å². The number of hydrogen-bond donors (Lipinski definition) is 13. The largest absolute Gasteiger partial charge is 0.490 e. The normalized spacial score (nSPS) is 16.2. The van der Waals surface area contributed by atoms with Gasteiger partial charge in [0, 0.05) is 64.9 Å². The van der Waals surface area contributed by atoms with Gasteiger partial charge in [0.25, 0.3) is 26.1 Å². The van der Waals surface area contributed by atoms with Crippen LogP contribution in [0.5, 0.6) is 0 Å². The smallest absolute Gasteiger partial charge is 0.478 e. The van der Waals surface area contributed by atoms with Crippen LogP contribution in [0, 0.1) is 17.3 Å². The molecule has 1 saturated heterocycles. The molecule has 3 heterocycles. The number of fused-ring (bicyclic) bond motifs is 2. The first kappa shape index (κ1) is 84.0. The second-order valence-electron chi connectivity index (χ2n) is 21.3. The summed E-state index contributed by atoms with van der Waals surface area (Å²) in [6, 6.07) is 7.82. The number of ether oxygens (including phenoxy) is 7. The molecule has 1 aromatic heterocycles. The summed E-state index contributed by atoms with van der Waals surface area (Å²) in [6.07, 6.45) is -1.94. The number of alkyl carbamates (subject to hydrolysis) is 2. The molecule has 15 N–H and O–H groups in total. The number of aromatic nitrogens is 2. The molecule has 2 unspecified atom stereocenters. The minimum Gasteiger partial charge on any atom is -0.478 e. The molecule has 558 valence electrons. The van der Waals surface area contributed by atoms with E-state index in [1.54, 1.807) is 10.8 Å². The van der Waals surface area contributed by atoms with Gasteiger partial charge < -0.3 is 89.7 Å². The molecule has 0 bridgehead atoms. The maximum atomic E-state index is 13.4. The SMILES string of the molecule is CCSSCO[C@@H]1C[C@H](n2cc(C#CCNC(=O)OCCCCOCSSC(C)(C)CCOC(=O)NCCOCCOCCNC(=O)c3ccc(C(=O)O)c(-c4c5ccc(=N)c(S(=O)(=O)O)c-5oc5c(S(=O)(=O)O)c(N)ccc45)c3)c(N)nc2=O)O[C@@H]1COP(=O)(O)OP(=O)(O)OP(=O)(O)O. The van der Waals surface area contributed by atoms with Crippen molar-refractivity contribution in [2.45, 2.75) is 79.4 Å². The van der Waals surface area contributed by atoms with Gasteiger partial charge in [0.1, 0.15) is 30.0 Å². The first-order chi connectivity index (χ1) is 47.4. The molecule has 2 aromatic carbocycles. The van der Waals surface area contributed by atoms with Gasteiger partial charge in [0.2, 0.25) is 0 Å². The summed E-state index contributed by atoms with van der Waals surface area (Å²) in [5.74, 6) is 3.28. The van der Waals surface area contributed by atoms with E-state index in [-0.39, 0.29) is 115 Å². The van der Waals surface area contributed by atoms with Crippen LogP contribution in [-0.2, 0) is 80.2 Å². The molecule has 47 heteroatoms. The summed E-state index contributed by atoms with van der Waals surface area (Å²) >= 11 is 0. The van der Waals surface area contributed by atoms with Crippen molar-refractivity contribution in [3.8, 4) is 34.3 Å². The number of benzene rings is 3. The number of nitrogens with zero attached hydrogens (tertiary/aromatic N) is 2. The fourth-order valence-electron chi connectivity index (χ4n) is 8.98. The van der Waals surface area contributed by atoms with Gasteiger partial charge >= 0.3 is 47.3 Å². The van der Waals surface area contributed by atoms with Crippen molar-refractivity contribution < 1.29 is 134 Å². The number of hydrogen-bond acceptors (Lipinski definition) is 31. The Labute approximate surface area is 591 Å². The molecule has 2 aliphatic heterocycles. The van der Waals surface area contributed by atoms with E-state index in [4.69, 9.17) is 68.8 Å². The Morgan fingerprint density at radius 3 is 2.15 bits per heavy atom. The average molecular weight is 1600 g/mol. The van der Waals surface area contributed by atoms with Crippen molar-refractivity contribution in [3.05, 3.63) is 81.2 Å². The molecule has 0 radical (unpaired) electrons. The van der Waals surface area contributed by atoms with Crippen LogP contribution in [0.15, 0.2) is 67.7 Å². The van der Waals surface area contributed by atoms with Gasteiger partial charge in [0.05, 0.1) is 81.1 Å². The highest BCUT2D eigenvalue weighted by Crippen LogP contribution is 2.66. The van der Waals surface area contributed by atoms with E-state index in [9.17, 15) is 78.5 Å². The summed E-state index contributed by atoms with van der Waals surface area (Å²) < 4.78 is 163. The Hall–Kier alpha value is -5.92. The number of nitrogens with one attached hydrogen (secondary N) is 4. The zero-order valence-corrected chi connectivity index (χ0v) is 61.0. The fraction of sp³-hybridized carbons (Fsp3) is 0.463. The van der Waals surface area contributed by atoms with Crippen LogP contribution in [0.4, 0.5) is 21.1 Å². The standard InChI is InChI=1S/C54H71N8O30P3S6/c1-4-96-97-31-87-40-27-42(89-41(40)29-88-94(72,73)92-95(74,75)91-93(69,70)71)62-28-33(48(57)61-51(62)66)8-7-16-59-52(67)85-20-6-5-19-84-30-98-99-54(2,3)15-21-86-53(68)60-18-23-83-25-24-82-22-17-58-49(63)32-9-10-34(50(64)65)37(26-32)43-35-11-13-38(55)46(100(76,77)78)44(35)90-45-36(43)12-14-39(56)47(45)101(79,80)81/h9-14,26,28,40-42,55H,4-6,15-25,27,29-31,56H2,1-3H3,(H,58,63)(H,59,67)(H,60,68)(H,64,65)(H,72,73)(H,74,75)(H2,57,61,66)(H2,69,70,71)(H,76,77,78)(H,79,80,81)/t40-,41-,42-/m1/s1. The highest BCUT2D eigenvalue weighted by Gasteiger charge is 2.44. The average Bonchev–Trinajstić information content (AvgIpc) is 1.22. The summed E-state index contributed by atoms with van der Waals surface area (Å²) in [7, 11) is -21.7. The highest BCUT2D eigenvalue weighted by molar-refractivity contribution is 8.77. The quantitative estimate of drug-likeness (QED) is 0.00334. The van der Waals surface area contributed by atoms with Crippen LogP contribution in [-0.4, -0.2) is 191 Å². The number of nitrogen functional groups attached to an aromatic ring is 2. The number of carbonyl (C=O) groups is 4. The molecule has 101 heavy (non-hydrogen) atoms. The first-order valence-electron chi connectivity index (χ1n) is 29.4. The highest BCUT2D eigenvalue weighted by atomic mass is 33.1. The van der Waals surface area contributed by atoms with Crippen LogP contribution < -0.4 is 38.5 Å². The Bertz CT molecular complexity index is 4330. The van der Waals surface area contributed by atoms with Crippen LogP contribution in [0.3, 0.4) is 0 Å².